The molecule has 0 aromatic carbocycles. The second kappa shape index (κ2) is 8.98. The highest BCUT2D eigenvalue weighted by atomic mass is 35.5. The molecule has 13 heteroatoms. The lowest BCUT2D eigenvalue weighted by Crippen LogP contribution is -2.18. The van der Waals surface area contributed by atoms with Crippen LogP contribution in [0.1, 0.15) is 16.2 Å². The van der Waals surface area contributed by atoms with Crippen molar-refractivity contribution in [1.82, 2.24) is 34.7 Å². The number of pyridine rings is 1. The third-order valence-corrected chi connectivity index (χ3v) is 4.52. The second-order valence-electron chi connectivity index (χ2n) is 6.68. The van der Waals surface area contributed by atoms with Crippen molar-refractivity contribution in [3.8, 4) is 17.1 Å². The van der Waals surface area contributed by atoms with Gasteiger partial charge in [-0.25, -0.2) is 19.9 Å². The maximum Gasteiger partial charge on any atom is 0.271 e. The third-order valence-electron chi connectivity index (χ3n) is 4.52. The summed E-state index contributed by atoms with van der Waals surface area (Å²) in [7, 11) is 5.03. The van der Waals surface area contributed by atoms with E-state index in [-0.39, 0.29) is 23.9 Å². The number of carbonyl (C=O) groups is 1. The zero-order valence-corrected chi connectivity index (χ0v) is 18.6. The Bertz CT molecular complexity index is 1310. The molecule has 4 heterocycles. The number of nitrogens with one attached hydrogen (secondary N) is 2. The highest BCUT2D eigenvalue weighted by molar-refractivity contribution is 5.99. The number of fused-ring (bicyclic) bond motifs is 1. The SMILES string of the molecule is CNc1nc(Nc2cc(C)nc(OC)c2)c(C(N)=O)nc1-c1cnnc2c1ncn2C.Cl. The van der Waals surface area contributed by atoms with Gasteiger partial charge in [0.15, 0.2) is 23.0 Å². The summed E-state index contributed by atoms with van der Waals surface area (Å²) in [6.07, 6.45) is 3.15. The van der Waals surface area contributed by atoms with E-state index >= 15 is 0 Å². The molecule has 4 N–H and O–H groups in total. The van der Waals surface area contributed by atoms with Crippen LogP contribution in [0.25, 0.3) is 22.4 Å². The molecule has 32 heavy (non-hydrogen) atoms. The summed E-state index contributed by atoms with van der Waals surface area (Å²) in [6, 6.07) is 3.46. The molecule has 0 spiro atoms. The first kappa shape index (κ1) is 22.6. The lowest BCUT2D eigenvalue weighted by Gasteiger charge is -2.15. The Morgan fingerprint density at radius 1 is 1.19 bits per heavy atom. The predicted octanol–water partition coefficient (Wildman–Crippen LogP) is 1.84. The van der Waals surface area contributed by atoms with E-state index in [1.54, 1.807) is 30.1 Å². The fourth-order valence-corrected chi connectivity index (χ4v) is 3.12. The number of hydrogen-bond acceptors (Lipinski definition) is 10. The molecule has 4 aromatic rings. The summed E-state index contributed by atoms with van der Waals surface area (Å²) in [4.78, 5) is 29.9. The van der Waals surface area contributed by atoms with Gasteiger partial charge in [0.1, 0.15) is 11.2 Å². The van der Waals surface area contributed by atoms with Crippen LogP contribution in [0.2, 0.25) is 0 Å². The second-order valence-corrected chi connectivity index (χ2v) is 6.68. The first-order chi connectivity index (χ1) is 14.9. The summed E-state index contributed by atoms with van der Waals surface area (Å²) in [5, 5.41) is 14.2. The number of rotatable bonds is 6. The number of aryl methyl sites for hydroxylation is 2. The Morgan fingerprint density at radius 2 is 1.97 bits per heavy atom. The van der Waals surface area contributed by atoms with Crippen LogP contribution in [0.5, 0.6) is 5.88 Å². The molecule has 1 amide bonds. The van der Waals surface area contributed by atoms with E-state index in [0.29, 0.717) is 39.8 Å². The van der Waals surface area contributed by atoms with Gasteiger partial charge in [0, 0.05) is 31.5 Å². The molecule has 0 saturated heterocycles. The lowest BCUT2D eigenvalue weighted by molar-refractivity contribution is 0.0996. The molecular weight excluding hydrogens is 436 g/mol. The van der Waals surface area contributed by atoms with E-state index in [4.69, 9.17) is 10.5 Å². The molecule has 0 fully saturated rings. The number of imidazole rings is 1. The Hall–Kier alpha value is -4.06. The summed E-state index contributed by atoms with van der Waals surface area (Å²) in [6.45, 7) is 1.82. The summed E-state index contributed by atoms with van der Waals surface area (Å²) in [5.74, 6) is 0.274. The number of aromatic nitrogens is 7. The minimum atomic E-state index is -0.740. The molecule has 0 unspecified atom stereocenters. The van der Waals surface area contributed by atoms with E-state index in [0.717, 1.165) is 5.69 Å². The van der Waals surface area contributed by atoms with E-state index in [1.165, 1.54) is 13.3 Å². The van der Waals surface area contributed by atoms with Gasteiger partial charge in [-0.05, 0) is 13.0 Å². The number of nitrogens with two attached hydrogens (primary N) is 1. The van der Waals surface area contributed by atoms with Crippen molar-refractivity contribution >= 4 is 46.8 Å². The van der Waals surface area contributed by atoms with Crippen molar-refractivity contribution in [2.45, 2.75) is 6.92 Å². The molecule has 166 valence electrons. The number of anilines is 3. The smallest absolute Gasteiger partial charge is 0.271 e. The fourth-order valence-electron chi connectivity index (χ4n) is 3.12. The quantitative estimate of drug-likeness (QED) is 0.390. The van der Waals surface area contributed by atoms with Crippen molar-refractivity contribution in [2.24, 2.45) is 12.8 Å². The minimum Gasteiger partial charge on any atom is -0.481 e. The van der Waals surface area contributed by atoms with Gasteiger partial charge < -0.3 is 25.7 Å². The lowest BCUT2D eigenvalue weighted by atomic mass is 10.1. The van der Waals surface area contributed by atoms with Gasteiger partial charge in [-0.1, -0.05) is 0 Å². The zero-order valence-electron chi connectivity index (χ0n) is 17.7. The number of methoxy groups -OCH3 is 1. The van der Waals surface area contributed by atoms with Gasteiger partial charge in [-0.2, -0.15) is 5.10 Å². The van der Waals surface area contributed by atoms with E-state index < -0.39 is 5.91 Å². The number of ether oxygens (including phenoxy) is 1. The molecular formula is C19H21ClN10O2. The molecule has 4 rings (SSSR count). The van der Waals surface area contributed by atoms with Crippen LogP contribution < -0.4 is 21.1 Å². The molecule has 0 bridgehead atoms. The number of halogens is 1. The van der Waals surface area contributed by atoms with Crippen LogP contribution in [0, 0.1) is 6.92 Å². The topological polar surface area (TPSA) is 159 Å². The highest BCUT2D eigenvalue weighted by Gasteiger charge is 2.21. The fraction of sp³-hybridized carbons (Fsp3) is 0.211. The first-order valence-electron chi connectivity index (χ1n) is 9.23. The van der Waals surface area contributed by atoms with Crippen molar-refractivity contribution in [3.05, 3.63) is 36.0 Å². The number of amides is 1. The molecule has 0 saturated carbocycles. The molecule has 4 aromatic heterocycles. The number of carbonyl (C=O) groups excluding carboxylic acids is 1. The summed E-state index contributed by atoms with van der Waals surface area (Å²) < 4.78 is 6.94. The maximum absolute atomic E-state index is 12.2. The summed E-state index contributed by atoms with van der Waals surface area (Å²) >= 11 is 0. The van der Waals surface area contributed by atoms with Crippen LogP contribution in [0.15, 0.2) is 24.7 Å². The average Bonchev–Trinajstić information content (AvgIpc) is 3.14. The van der Waals surface area contributed by atoms with Crippen LogP contribution in [0.3, 0.4) is 0 Å². The molecule has 0 atom stereocenters. The Labute approximate surface area is 189 Å². The predicted molar refractivity (Wildman–Crippen MR) is 121 cm³/mol. The van der Waals surface area contributed by atoms with Crippen molar-refractivity contribution in [1.29, 1.82) is 0 Å². The third kappa shape index (κ3) is 4.07. The molecule has 0 aliphatic carbocycles. The molecule has 0 radical (unpaired) electrons. The van der Waals surface area contributed by atoms with Gasteiger partial charge in [0.05, 0.1) is 25.2 Å². The highest BCUT2D eigenvalue weighted by Crippen LogP contribution is 2.32. The van der Waals surface area contributed by atoms with Crippen molar-refractivity contribution in [3.63, 3.8) is 0 Å². The van der Waals surface area contributed by atoms with E-state index in [1.807, 2.05) is 14.0 Å². The van der Waals surface area contributed by atoms with E-state index in [2.05, 4.69) is 40.8 Å². The number of hydrogen-bond donors (Lipinski definition) is 3. The summed E-state index contributed by atoms with van der Waals surface area (Å²) in [5.41, 5.74) is 9.02. The molecule has 12 nitrogen and oxygen atoms in total. The van der Waals surface area contributed by atoms with Gasteiger partial charge in [-0.15, -0.1) is 17.5 Å². The maximum atomic E-state index is 12.2. The molecule has 0 aliphatic heterocycles. The van der Waals surface area contributed by atoms with Gasteiger partial charge >= 0.3 is 0 Å². The van der Waals surface area contributed by atoms with Crippen molar-refractivity contribution in [2.75, 3.05) is 24.8 Å². The van der Waals surface area contributed by atoms with Crippen LogP contribution in [-0.2, 0) is 7.05 Å². The van der Waals surface area contributed by atoms with Crippen LogP contribution in [0.4, 0.5) is 17.3 Å². The average molecular weight is 457 g/mol. The van der Waals surface area contributed by atoms with Crippen LogP contribution in [-0.4, -0.2) is 54.8 Å². The van der Waals surface area contributed by atoms with Crippen LogP contribution >= 0.6 is 12.4 Å². The molecule has 0 aliphatic rings. The van der Waals surface area contributed by atoms with Gasteiger partial charge in [0.25, 0.3) is 5.91 Å². The standard InChI is InChI=1S/C19H20N10O2.ClH/c1-9-5-10(6-12(24-9)31-4)25-18-15(16(20)30)26-13(17(21-2)27-18)11-7-23-28-19-14(11)22-8-29(19)3;/h5-8H,1-4H3,(H2,20,30)(H2,21,24,25,27);1H. The normalized spacial score (nSPS) is 10.5. The number of primary amides is 1. The van der Waals surface area contributed by atoms with Crippen molar-refractivity contribution < 1.29 is 9.53 Å². The van der Waals surface area contributed by atoms with Gasteiger partial charge in [-0.3, -0.25) is 4.79 Å². The Balaban J connectivity index is 0.00000289. The first-order valence-corrected chi connectivity index (χ1v) is 9.23. The number of nitrogens with zero attached hydrogens (tertiary/aromatic N) is 7. The monoisotopic (exact) mass is 456 g/mol. The Kier molecular flexibility index (Phi) is 6.35. The van der Waals surface area contributed by atoms with E-state index in [9.17, 15) is 4.79 Å². The van der Waals surface area contributed by atoms with Gasteiger partial charge in [0.2, 0.25) is 5.88 Å². The Morgan fingerprint density at radius 3 is 2.66 bits per heavy atom. The minimum absolute atomic E-state index is 0. The zero-order chi connectivity index (χ0) is 22.1. The largest absolute Gasteiger partial charge is 0.481 e.